The molecule has 1 rings (SSSR count). The molecule has 0 saturated carbocycles. The summed E-state index contributed by atoms with van der Waals surface area (Å²) in [5.74, 6) is -0.370. The first-order valence-electron chi connectivity index (χ1n) is 7.85. The topological polar surface area (TPSA) is 23.6 Å². The summed E-state index contributed by atoms with van der Waals surface area (Å²) in [6.07, 6.45) is 1.22. The summed E-state index contributed by atoms with van der Waals surface area (Å²) in [4.78, 5) is 15.2. The van der Waals surface area contributed by atoms with Gasteiger partial charge in [0, 0.05) is 6.54 Å². The summed E-state index contributed by atoms with van der Waals surface area (Å²) in [6, 6.07) is 0. The minimum Gasteiger partial charge on any atom is -0.332 e. The van der Waals surface area contributed by atoms with Crippen molar-refractivity contribution in [1.82, 2.24) is 9.80 Å². The molecule has 0 radical (unpaired) electrons. The number of carbonyl (C=O) groups excluding carboxylic acids is 1. The molecule has 1 aliphatic rings. The minimum atomic E-state index is -4.33. The lowest BCUT2D eigenvalue weighted by atomic mass is 10.1. The lowest BCUT2D eigenvalue weighted by molar-refractivity contribution is -0.162. The molecule has 1 fully saturated rings. The maximum atomic E-state index is 12.6. The third-order valence-corrected chi connectivity index (χ3v) is 3.62. The highest BCUT2D eigenvalue weighted by molar-refractivity contribution is 5.78. The van der Waals surface area contributed by atoms with Crippen LogP contribution in [0.4, 0.5) is 13.2 Å². The van der Waals surface area contributed by atoms with E-state index in [0.29, 0.717) is 0 Å². The zero-order valence-electron chi connectivity index (χ0n) is 13.1. The molecule has 0 bridgehead atoms. The Bertz CT molecular complexity index is 311. The van der Waals surface area contributed by atoms with Crippen LogP contribution in [0.2, 0.25) is 0 Å². The molecule has 1 saturated heterocycles. The Kier molecular flexibility index (Phi) is 7.49. The number of hydrogen-bond donors (Lipinski definition) is 0. The van der Waals surface area contributed by atoms with E-state index < -0.39 is 18.6 Å². The Hall–Kier alpha value is -0.780. The highest BCUT2D eigenvalue weighted by atomic mass is 19.4. The lowest BCUT2D eigenvalue weighted by Crippen LogP contribution is -2.46. The zero-order chi connectivity index (χ0) is 15.9. The van der Waals surface area contributed by atoms with Crippen LogP contribution in [0.3, 0.4) is 0 Å². The molecule has 0 N–H and O–H groups in total. The molecule has 0 aromatic heterocycles. The number of amides is 1. The van der Waals surface area contributed by atoms with E-state index in [1.807, 2.05) is 18.7 Å². The largest absolute Gasteiger partial charge is 0.406 e. The third-order valence-electron chi connectivity index (χ3n) is 3.62. The van der Waals surface area contributed by atoms with E-state index in [-0.39, 0.29) is 19.0 Å². The van der Waals surface area contributed by atoms with Crippen LogP contribution in [0.1, 0.15) is 46.0 Å². The molecule has 0 atom stereocenters. The maximum Gasteiger partial charge on any atom is 0.406 e. The van der Waals surface area contributed by atoms with Gasteiger partial charge >= 0.3 is 6.18 Å². The maximum absolute atomic E-state index is 12.6. The Morgan fingerprint density at radius 1 is 1.10 bits per heavy atom. The van der Waals surface area contributed by atoms with Crippen LogP contribution in [0.5, 0.6) is 0 Å². The normalized spacial score (nSPS) is 18.4. The summed E-state index contributed by atoms with van der Waals surface area (Å²) in [5.41, 5.74) is 0. The molecule has 6 heteroatoms. The molecule has 0 aromatic carbocycles. The van der Waals surface area contributed by atoms with E-state index in [0.717, 1.165) is 43.7 Å². The van der Waals surface area contributed by atoms with Crippen LogP contribution in [-0.4, -0.2) is 54.6 Å². The number of carbonyl (C=O) groups is 1. The Labute approximate surface area is 125 Å². The SMILES string of the molecule is CC(C)CN(CC(F)(F)F)C(=O)CN1CCCCCCC1. The van der Waals surface area contributed by atoms with Crippen molar-refractivity contribution < 1.29 is 18.0 Å². The number of rotatable bonds is 5. The Balaban J connectivity index is 2.57. The van der Waals surface area contributed by atoms with Crippen LogP contribution < -0.4 is 0 Å². The highest BCUT2D eigenvalue weighted by Crippen LogP contribution is 2.18. The summed E-state index contributed by atoms with van der Waals surface area (Å²) < 4.78 is 37.8. The van der Waals surface area contributed by atoms with E-state index in [4.69, 9.17) is 0 Å². The second kappa shape index (κ2) is 8.61. The number of likely N-dealkylation sites (tertiary alicyclic amines) is 1. The average Bonchev–Trinajstić information content (AvgIpc) is 2.29. The van der Waals surface area contributed by atoms with Crippen molar-refractivity contribution in [2.75, 3.05) is 32.7 Å². The number of halogens is 3. The van der Waals surface area contributed by atoms with Crippen LogP contribution >= 0.6 is 0 Å². The van der Waals surface area contributed by atoms with E-state index in [9.17, 15) is 18.0 Å². The van der Waals surface area contributed by atoms with Gasteiger partial charge < -0.3 is 4.90 Å². The zero-order valence-corrected chi connectivity index (χ0v) is 13.1. The molecule has 0 unspecified atom stereocenters. The molecule has 124 valence electrons. The van der Waals surface area contributed by atoms with Crippen molar-refractivity contribution in [3.05, 3.63) is 0 Å². The van der Waals surface area contributed by atoms with Gasteiger partial charge in [0.05, 0.1) is 6.54 Å². The Morgan fingerprint density at radius 2 is 1.62 bits per heavy atom. The van der Waals surface area contributed by atoms with Gasteiger partial charge in [-0.2, -0.15) is 13.2 Å². The predicted molar refractivity (Wildman–Crippen MR) is 77.0 cm³/mol. The van der Waals surface area contributed by atoms with Gasteiger partial charge in [-0.1, -0.05) is 33.1 Å². The summed E-state index contributed by atoms with van der Waals surface area (Å²) in [6.45, 7) is 4.41. The van der Waals surface area contributed by atoms with Crippen LogP contribution in [0.15, 0.2) is 0 Å². The monoisotopic (exact) mass is 308 g/mol. The Morgan fingerprint density at radius 3 is 2.10 bits per heavy atom. The smallest absolute Gasteiger partial charge is 0.332 e. The van der Waals surface area contributed by atoms with Gasteiger partial charge in [-0.15, -0.1) is 0 Å². The molecule has 0 aromatic rings. The van der Waals surface area contributed by atoms with Crippen LogP contribution in [0, 0.1) is 5.92 Å². The molecule has 0 aliphatic carbocycles. The van der Waals surface area contributed by atoms with Crippen molar-refractivity contribution in [3.8, 4) is 0 Å². The number of alkyl halides is 3. The second-order valence-corrected chi connectivity index (χ2v) is 6.33. The van der Waals surface area contributed by atoms with Crippen molar-refractivity contribution >= 4 is 5.91 Å². The first kappa shape index (κ1) is 18.3. The second-order valence-electron chi connectivity index (χ2n) is 6.33. The fourth-order valence-corrected chi connectivity index (χ4v) is 2.67. The molecule has 1 heterocycles. The first-order chi connectivity index (χ1) is 9.78. The van der Waals surface area contributed by atoms with Gasteiger partial charge in [-0.3, -0.25) is 9.69 Å². The van der Waals surface area contributed by atoms with Crippen LogP contribution in [0.25, 0.3) is 0 Å². The quantitative estimate of drug-likeness (QED) is 0.778. The summed E-state index contributed by atoms with van der Waals surface area (Å²) in [5, 5.41) is 0. The summed E-state index contributed by atoms with van der Waals surface area (Å²) >= 11 is 0. The fraction of sp³-hybridized carbons (Fsp3) is 0.933. The number of hydrogen-bond acceptors (Lipinski definition) is 2. The summed E-state index contributed by atoms with van der Waals surface area (Å²) in [7, 11) is 0. The van der Waals surface area contributed by atoms with Crippen molar-refractivity contribution in [1.29, 1.82) is 0 Å². The van der Waals surface area contributed by atoms with Crippen molar-refractivity contribution in [2.45, 2.75) is 52.1 Å². The number of nitrogens with zero attached hydrogens (tertiary/aromatic N) is 2. The van der Waals surface area contributed by atoms with E-state index in [1.54, 1.807) is 0 Å². The predicted octanol–water partition coefficient (Wildman–Crippen LogP) is 3.30. The molecule has 1 amide bonds. The van der Waals surface area contributed by atoms with E-state index >= 15 is 0 Å². The first-order valence-corrected chi connectivity index (χ1v) is 7.85. The third kappa shape index (κ3) is 8.29. The van der Waals surface area contributed by atoms with Gasteiger partial charge in [0.25, 0.3) is 0 Å². The van der Waals surface area contributed by atoms with Gasteiger partial charge in [0.2, 0.25) is 5.91 Å². The molecule has 3 nitrogen and oxygen atoms in total. The standard InChI is InChI=1S/C15H27F3N2O/c1-13(2)10-20(12-15(16,17)18)14(21)11-19-8-6-4-3-5-7-9-19/h13H,3-12H2,1-2H3. The molecular weight excluding hydrogens is 281 g/mol. The van der Waals surface area contributed by atoms with E-state index in [2.05, 4.69) is 0 Å². The molecular formula is C15H27F3N2O. The average molecular weight is 308 g/mol. The molecule has 21 heavy (non-hydrogen) atoms. The van der Waals surface area contributed by atoms with Gasteiger partial charge in [0.1, 0.15) is 6.54 Å². The fourth-order valence-electron chi connectivity index (χ4n) is 2.67. The van der Waals surface area contributed by atoms with Gasteiger partial charge in [0.15, 0.2) is 0 Å². The lowest BCUT2D eigenvalue weighted by Gasteiger charge is -2.30. The van der Waals surface area contributed by atoms with Gasteiger partial charge in [-0.05, 0) is 31.8 Å². The van der Waals surface area contributed by atoms with Crippen LogP contribution in [-0.2, 0) is 4.79 Å². The minimum absolute atomic E-state index is 0.0311. The molecule has 1 aliphatic heterocycles. The van der Waals surface area contributed by atoms with Crippen molar-refractivity contribution in [2.24, 2.45) is 5.92 Å². The highest BCUT2D eigenvalue weighted by Gasteiger charge is 2.33. The van der Waals surface area contributed by atoms with E-state index in [1.165, 1.54) is 6.42 Å². The van der Waals surface area contributed by atoms with Crippen molar-refractivity contribution in [3.63, 3.8) is 0 Å². The molecule has 0 spiro atoms. The van der Waals surface area contributed by atoms with Gasteiger partial charge in [-0.25, -0.2) is 0 Å².